The van der Waals surface area contributed by atoms with Crippen molar-refractivity contribution in [2.75, 3.05) is 52.4 Å². The van der Waals surface area contributed by atoms with Crippen LogP contribution in [0.2, 0.25) is 0 Å². The molecule has 0 rings (SSSR count). The number of hydrogen-bond acceptors (Lipinski definition) is 3. The molecule has 0 atom stereocenters. The Balaban J connectivity index is 3.08. The van der Waals surface area contributed by atoms with Gasteiger partial charge < -0.3 is 14.4 Å². The molecule has 3 nitrogen and oxygen atoms in total. The Morgan fingerprint density at radius 3 is 2.44 bits per heavy atom. The van der Waals surface area contributed by atoms with Crippen molar-refractivity contribution in [3.63, 3.8) is 0 Å². The summed E-state index contributed by atoms with van der Waals surface area (Å²) in [6.07, 6.45) is 4.86. The lowest BCUT2D eigenvalue weighted by molar-refractivity contribution is 0.0885. The lowest BCUT2D eigenvalue weighted by atomic mass is 10.2. The SMILES string of the molecule is COCCCOCCN(C)CCCCCBr. The fraction of sp³-hybridized carbons (Fsp3) is 1.00. The minimum Gasteiger partial charge on any atom is -0.385 e. The Bertz CT molecular complexity index is 136. The molecule has 0 bridgehead atoms. The Labute approximate surface area is 109 Å². The highest BCUT2D eigenvalue weighted by Gasteiger charge is 1.98. The van der Waals surface area contributed by atoms with Crippen LogP contribution in [0.4, 0.5) is 0 Å². The number of likely N-dealkylation sites (N-methyl/N-ethyl adjacent to an activating group) is 1. The number of nitrogens with zero attached hydrogens (tertiary/aromatic N) is 1. The van der Waals surface area contributed by atoms with Crippen molar-refractivity contribution in [3.8, 4) is 0 Å². The fourth-order valence-electron chi connectivity index (χ4n) is 1.39. The minimum absolute atomic E-state index is 0.794. The van der Waals surface area contributed by atoms with Gasteiger partial charge in [0, 0.05) is 32.2 Å². The molecule has 0 aliphatic heterocycles. The van der Waals surface area contributed by atoms with Gasteiger partial charge in [-0.15, -0.1) is 0 Å². The van der Waals surface area contributed by atoms with Gasteiger partial charge in [-0.2, -0.15) is 0 Å². The number of hydrogen-bond donors (Lipinski definition) is 0. The molecule has 98 valence electrons. The lowest BCUT2D eigenvalue weighted by Gasteiger charge is -2.16. The molecule has 0 saturated carbocycles. The monoisotopic (exact) mass is 295 g/mol. The summed E-state index contributed by atoms with van der Waals surface area (Å²) in [7, 11) is 3.88. The van der Waals surface area contributed by atoms with E-state index in [9.17, 15) is 0 Å². The average molecular weight is 296 g/mol. The first kappa shape index (κ1) is 16.4. The topological polar surface area (TPSA) is 21.7 Å². The van der Waals surface area contributed by atoms with Crippen LogP contribution in [-0.4, -0.2) is 57.3 Å². The summed E-state index contributed by atoms with van der Waals surface area (Å²) in [4.78, 5) is 2.34. The van der Waals surface area contributed by atoms with E-state index in [1.54, 1.807) is 7.11 Å². The van der Waals surface area contributed by atoms with Crippen LogP contribution in [0.15, 0.2) is 0 Å². The molecule has 0 radical (unpaired) electrons. The van der Waals surface area contributed by atoms with Gasteiger partial charge in [-0.25, -0.2) is 0 Å². The molecule has 0 unspecified atom stereocenters. The molecule has 0 aliphatic carbocycles. The zero-order chi connectivity index (χ0) is 12.1. The quantitative estimate of drug-likeness (QED) is 0.408. The number of unbranched alkanes of at least 4 members (excludes halogenated alkanes) is 2. The van der Waals surface area contributed by atoms with Gasteiger partial charge in [0.25, 0.3) is 0 Å². The third kappa shape index (κ3) is 12.4. The van der Waals surface area contributed by atoms with E-state index in [1.165, 1.54) is 25.8 Å². The van der Waals surface area contributed by atoms with Gasteiger partial charge in [-0.1, -0.05) is 22.4 Å². The number of methoxy groups -OCH3 is 1. The van der Waals surface area contributed by atoms with Gasteiger partial charge in [0.15, 0.2) is 0 Å². The summed E-state index contributed by atoms with van der Waals surface area (Å²) in [6, 6.07) is 0. The fourth-order valence-corrected chi connectivity index (χ4v) is 1.79. The van der Waals surface area contributed by atoms with E-state index in [0.29, 0.717) is 0 Å². The summed E-state index contributed by atoms with van der Waals surface area (Å²) < 4.78 is 10.5. The van der Waals surface area contributed by atoms with Crippen LogP contribution in [0.25, 0.3) is 0 Å². The van der Waals surface area contributed by atoms with E-state index in [-0.39, 0.29) is 0 Å². The standard InChI is InChI=1S/C12H26BrNO2/c1-14(8-5-3-4-7-13)9-12-16-11-6-10-15-2/h3-12H2,1-2H3. The van der Waals surface area contributed by atoms with Crippen molar-refractivity contribution < 1.29 is 9.47 Å². The largest absolute Gasteiger partial charge is 0.385 e. The molecule has 0 aliphatic rings. The third-order valence-corrected chi connectivity index (χ3v) is 2.99. The van der Waals surface area contributed by atoms with Gasteiger partial charge in [0.2, 0.25) is 0 Å². The zero-order valence-corrected chi connectivity index (χ0v) is 12.3. The normalized spacial score (nSPS) is 11.2. The molecule has 0 N–H and O–H groups in total. The number of alkyl halides is 1. The van der Waals surface area contributed by atoms with Crippen LogP contribution >= 0.6 is 15.9 Å². The first-order chi connectivity index (χ1) is 7.81. The van der Waals surface area contributed by atoms with Crippen LogP contribution in [0, 0.1) is 0 Å². The lowest BCUT2D eigenvalue weighted by Crippen LogP contribution is -2.24. The smallest absolute Gasteiger partial charge is 0.0593 e. The van der Waals surface area contributed by atoms with E-state index in [1.807, 2.05) is 0 Å². The van der Waals surface area contributed by atoms with E-state index in [4.69, 9.17) is 9.47 Å². The maximum absolute atomic E-state index is 5.50. The van der Waals surface area contributed by atoms with Gasteiger partial charge in [0.05, 0.1) is 6.61 Å². The van der Waals surface area contributed by atoms with E-state index in [2.05, 4.69) is 27.9 Å². The second-order valence-electron chi connectivity index (χ2n) is 4.01. The molecule has 0 aromatic carbocycles. The highest BCUT2D eigenvalue weighted by molar-refractivity contribution is 9.09. The first-order valence-electron chi connectivity index (χ1n) is 6.12. The van der Waals surface area contributed by atoms with Crippen molar-refractivity contribution in [1.82, 2.24) is 4.90 Å². The van der Waals surface area contributed by atoms with E-state index in [0.717, 1.165) is 38.1 Å². The molecule has 0 fully saturated rings. The third-order valence-electron chi connectivity index (χ3n) is 2.43. The predicted octanol–water partition coefficient (Wildman–Crippen LogP) is 2.54. The molecule has 0 amide bonds. The Morgan fingerprint density at radius 2 is 1.75 bits per heavy atom. The van der Waals surface area contributed by atoms with Crippen molar-refractivity contribution >= 4 is 15.9 Å². The summed E-state index contributed by atoms with van der Waals surface area (Å²) in [5.74, 6) is 0. The van der Waals surface area contributed by atoms with E-state index < -0.39 is 0 Å². The maximum atomic E-state index is 5.50. The molecule has 4 heteroatoms. The molecule has 0 spiro atoms. The van der Waals surface area contributed by atoms with Gasteiger partial charge in [-0.05, 0) is 32.9 Å². The van der Waals surface area contributed by atoms with Gasteiger partial charge in [-0.3, -0.25) is 0 Å². The summed E-state index contributed by atoms with van der Waals surface area (Å²) in [5, 5.41) is 1.12. The van der Waals surface area contributed by atoms with Crippen LogP contribution in [0.1, 0.15) is 25.7 Å². The number of ether oxygens (including phenoxy) is 2. The Morgan fingerprint density at radius 1 is 0.938 bits per heavy atom. The van der Waals surface area contributed by atoms with E-state index >= 15 is 0 Å². The summed E-state index contributed by atoms with van der Waals surface area (Å²) in [5.41, 5.74) is 0. The van der Waals surface area contributed by atoms with Crippen molar-refractivity contribution in [2.24, 2.45) is 0 Å². The van der Waals surface area contributed by atoms with Crippen LogP contribution in [0.3, 0.4) is 0 Å². The molecular formula is C12H26BrNO2. The van der Waals surface area contributed by atoms with Crippen molar-refractivity contribution in [2.45, 2.75) is 25.7 Å². The second-order valence-corrected chi connectivity index (χ2v) is 4.80. The zero-order valence-electron chi connectivity index (χ0n) is 10.7. The van der Waals surface area contributed by atoms with Crippen LogP contribution < -0.4 is 0 Å². The maximum Gasteiger partial charge on any atom is 0.0593 e. The summed E-state index contributed by atoms with van der Waals surface area (Å²) >= 11 is 3.44. The highest BCUT2D eigenvalue weighted by atomic mass is 79.9. The van der Waals surface area contributed by atoms with Gasteiger partial charge in [0.1, 0.15) is 0 Å². The Kier molecular flexibility index (Phi) is 13.7. The second kappa shape index (κ2) is 13.4. The van der Waals surface area contributed by atoms with Crippen LogP contribution in [-0.2, 0) is 9.47 Å². The molecular weight excluding hydrogens is 270 g/mol. The number of rotatable bonds is 12. The molecule has 16 heavy (non-hydrogen) atoms. The number of halogens is 1. The van der Waals surface area contributed by atoms with Gasteiger partial charge >= 0.3 is 0 Å². The van der Waals surface area contributed by atoms with Crippen molar-refractivity contribution in [1.29, 1.82) is 0 Å². The molecule has 0 aromatic rings. The van der Waals surface area contributed by atoms with Crippen molar-refractivity contribution in [3.05, 3.63) is 0 Å². The Hall–Kier alpha value is 0.360. The first-order valence-corrected chi connectivity index (χ1v) is 7.24. The predicted molar refractivity (Wildman–Crippen MR) is 72.5 cm³/mol. The highest BCUT2D eigenvalue weighted by Crippen LogP contribution is 1.99. The minimum atomic E-state index is 0.794. The molecule has 0 heterocycles. The average Bonchev–Trinajstić information content (AvgIpc) is 2.29. The summed E-state index contributed by atoms with van der Waals surface area (Å²) in [6.45, 7) is 4.64. The van der Waals surface area contributed by atoms with Crippen LogP contribution in [0.5, 0.6) is 0 Å². The molecule has 0 saturated heterocycles. The molecule has 0 aromatic heterocycles.